The first-order chi connectivity index (χ1) is 22.5. The van der Waals surface area contributed by atoms with E-state index in [2.05, 4.69) is 146 Å². The molecular formula is C46H52O2. The van der Waals surface area contributed by atoms with Gasteiger partial charge >= 0.3 is 0 Å². The van der Waals surface area contributed by atoms with Gasteiger partial charge in [-0.05, 0) is 136 Å². The maximum Gasteiger partial charge on any atom is 0.112 e. The number of rotatable bonds is 11. The van der Waals surface area contributed by atoms with Crippen molar-refractivity contribution in [2.24, 2.45) is 5.92 Å². The molecule has 0 amide bonds. The maximum absolute atomic E-state index is 6.33. The van der Waals surface area contributed by atoms with E-state index in [1.807, 2.05) is 39.8 Å². The molecule has 0 saturated heterocycles. The van der Waals surface area contributed by atoms with E-state index in [-0.39, 0.29) is 11.2 Å². The summed E-state index contributed by atoms with van der Waals surface area (Å²) in [6.07, 6.45) is 18.7. The quantitative estimate of drug-likeness (QED) is 0.118. The summed E-state index contributed by atoms with van der Waals surface area (Å²) < 4.78 is 12.3. The summed E-state index contributed by atoms with van der Waals surface area (Å²) in [6, 6.07) is 22.0. The van der Waals surface area contributed by atoms with Crippen LogP contribution in [-0.2, 0) is 14.9 Å². The summed E-state index contributed by atoms with van der Waals surface area (Å²) in [7, 11) is 0. The zero-order valence-corrected chi connectivity index (χ0v) is 30.6. The molecule has 1 unspecified atom stereocenters. The first-order valence-electron chi connectivity index (χ1n) is 16.8. The van der Waals surface area contributed by atoms with E-state index in [1.54, 1.807) is 0 Å². The zero-order valence-electron chi connectivity index (χ0n) is 30.6. The molecule has 0 spiro atoms. The third kappa shape index (κ3) is 7.37. The highest BCUT2D eigenvalue weighted by molar-refractivity contribution is 5.94. The molecule has 0 fully saturated rings. The van der Waals surface area contributed by atoms with Crippen molar-refractivity contribution in [2.75, 3.05) is 0 Å². The van der Waals surface area contributed by atoms with Crippen molar-refractivity contribution < 1.29 is 9.47 Å². The molecule has 3 aromatic rings. The van der Waals surface area contributed by atoms with Crippen molar-refractivity contribution in [3.63, 3.8) is 0 Å². The Bertz CT molecular complexity index is 1870. The lowest BCUT2D eigenvalue weighted by Gasteiger charge is -2.35. The van der Waals surface area contributed by atoms with Gasteiger partial charge in [-0.15, -0.1) is 6.42 Å². The van der Waals surface area contributed by atoms with Gasteiger partial charge in [0.25, 0.3) is 0 Å². The summed E-state index contributed by atoms with van der Waals surface area (Å²) in [4.78, 5) is 0. The topological polar surface area (TPSA) is 18.5 Å². The Morgan fingerprint density at radius 2 is 1.31 bits per heavy atom. The van der Waals surface area contributed by atoms with Crippen LogP contribution in [0.1, 0.15) is 99.9 Å². The van der Waals surface area contributed by atoms with Gasteiger partial charge in [0.1, 0.15) is 22.7 Å². The summed E-state index contributed by atoms with van der Waals surface area (Å²) >= 11 is 0. The molecule has 2 nitrogen and oxygen atoms in total. The third-order valence-electron chi connectivity index (χ3n) is 9.30. The number of hydrogen-bond donors (Lipinski definition) is 0. The molecule has 4 rings (SSSR count). The lowest BCUT2D eigenvalue weighted by Crippen LogP contribution is -2.30. The Morgan fingerprint density at radius 3 is 1.79 bits per heavy atom. The highest BCUT2D eigenvalue weighted by Gasteiger charge is 2.46. The normalized spacial score (nSPS) is 16.6. The second kappa shape index (κ2) is 14.2. The van der Waals surface area contributed by atoms with Crippen molar-refractivity contribution in [2.45, 2.75) is 85.9 Å². The van der Waals surface area contributed by atoms with Crippen molar-refractivity contribution >= 4 is 17.7 Å². The predicted octanol–water partition coefficient (Wildman–Crippen LogP) is 11.9. The van der Waals surface area contributed by atoms with Gasteiger partial charge in [0.2, 0.25) is 0 Å². The number of aryl methyl sites for hydroxylation is 2. The van der Waals surface area contributed by atoms with Gasteiger partial charge in [-0.1, -0.05) is 106 Å². The standard InChI is InChI=1S/C46H52O2/c1-14-18-42-40(15-2)41-19-16-17-20-43(41)46(42,38-27-21-32(5)36(29-38)25-23-34(7)47-44(9,10)11)39-28-22-33(6)37(30-39)26-24-35(8)48-45(12,13)31(3)4/h2,14,16-31H,7-8H2,1,3-6,9-13H3/b18-14-,25-23-,26-24-. The largest absolute Gasteiger partial charge is 0.489 e. The molecule has 48 heavy (non-hydrogen) atoms. The molecule has 0 aliphatic heterocycles. The minimum Gasteiger partial charge on any atom is -0.489 e. The number of allylic oxidation sites excluding steroid dienone is 6. The van der Waals surface area contributed by atoms with Crippen LogP contribution in [0.4, 0.5) is 0 Å². The second-order valence-electron chi connectivity index (χ2n) is 14.5. The maximum atomic E-state index is 6.33. The summed E-state index contributed by atoms with van der Waals surface area (Å²) in [5.41, 5.74) is 9.67. The molecule has 0 N–H and O–H groups in total. The van der Waals surface area contributed by atoms with Crippen LogP contribution in [0.5, 0.6) is 0 Å². The van der Waals surface area contributed by atoms with Gasteiger partial charge in [-0.2, -0.15) is 0 Å². The Balaban J connectivity index is 1.98. The Labute approximate surface area is 290 Å². The number of fused-ring (bicyclic) bond motifs is 1. The molecule has 2 heteroatoms. The fourth-order valence-corrected chi connectivity index (χ4v) is 6.21. The van der Waals surface area contributed by atoms with E-state index in [0.29, 0.717) is 17.4 Å². The molecule has 1 aliphatic carbocycles. The first kappa shape index (κ1) is 36.1. The third-order valence-corrected chi connectivity index (χ3v) is 9.30. The second-order valence-corrected chi connectivity index (χ2v) is 14.5. The van der Waals surface area contributed by atoms with Crippen molar-refractivity contribution in [3.05, 3.63) is 160 Å². The van der Waals surface area contributed by atoms with Crippen molar-refractivity contribution in [1.29, 1.82) is 0 Å². The van der Waals surface area contributed by atoms with E-state index in [0.717, 1.165) is 55.7 Å². The summed E-state index contributed by atoms with van der Waals surface area (Å²) in [5.74, 6) is 4.68. The van der Waals surface area contributed by atoms with Crippen LogP contribution in [0.25, 0.3) is 17.7 Å². The minimum absolute atomic E-state index is 0.323. The monoisotopic (exact) mass is 636 g/mol. The number of terminal acetylenes is 1. The van der Waals surface area contributed by atoms with Gasteiger partial charge in [-0.3, -0.25) is 0 Å². The highest BCUT2D eigenvalue weighted by atomic mass is 16.5. The van der Waals surface area contributed by atoms with E-state index in [9.17, 15) is 0 Å². The van der Waals surface area contributed by atoms with E-state index in [1.165, 1.54) is 0 Å². The Kier molecular flexibility index (Phi) is 10.7. The van der Waals surface area contributed by atoms with Gasteiger partial charge in [-0.25, -0.2) is 0 Å². The number of benzene rings is 3. The van der Waals surface area contributed by atoms with Gasteiger partial charge < -0.3 is 9.47 Å². The Morgan fingerprint density at radius 1 is 0.792 bits per heavy atom. The van der Waals surface area contributed by atoms with Crippen molar-refractivity contribution in [3.8, 4) is 12.3 Å². The fraction of sp³-hybridized carbons (Fsp3) is 0.304. The van der Waals surface area contributed by atoms with Gasteiger partial charge in [0, 0.05) is 5.57 Å². The molecule has 0 radical (unpaired) electrons. The Hall–Kier alpha value is -4.74. The van der Waals surface area contributed by atoms with Crippen molar-refractivity contribution in [1.82, 2.24) is 0 Å². The minimum atomic E-state index is -0.663. The van der Waals surface area contributed by atoms with Crippen LogP contribution in [0.3, 0.4) is 0 Å². The van der Waals surface area contributed by atoms with Crippen LogP contribution >= 0.6 is 0 Å². The predicted molar refractivity (Wildman–Crippen MR) is 206 cm³/mol. The molecule has 0 aromatic heterocycles. The van der Waals surface area contributed by atoms with Gasteiger partial charge in [0.15, 0.2) is 0 Å². The highest BCUT2D eigenvalue weighted by Crippen LogP contribution is 2.55. The van der Waals surface area contributed by atoms with Crippen LogP contribution < -0.4 is 0 Å². The fourth-order valence-electron chi connectivity index (χ4n) is 6.21. The molecule has 0 bridgehead atoms. The van der Waals surface area contributed by atoms with Crippen LogP contribution in [-0.4, -0.2) is 11.2 Å². The first-order valence-corrected chi connectivity index (χ1v) is 16.8. The van der Waals surface area contributed by atoms with Gasteiger partial charge in [0.05, 0.1) is 5.41 Å². The smallest absolute Gasteiger partial charge is 0.112 e. The number of hydrogen-bond acceptors (Lipinski definition) is 2. The van der Waals surface area contributed by atoms with Crippen LogP contribution in [0, 0.1) is 32.1 Å². The van der Waals surface area contributed by atoms with Crippen LogP contribution in [0.2, 0.25) is 0 Å². The summed E-state index contributed by atoms with van der Waals surface area (Å²) in [6.45, 7) is 29.3. The molecule has 248 valence electrons. The average Bonchev–Trinajstić information content (AvgIpc) is 3.29. The van der Waals surface area contributed by atoms with Crippen LogP contribution in [0.15, 0.2) is 115 Å². The molecular weight excluding hydrogens is 585 g/mol. The summed E-state index contributed by atoms with van der Waals surface area (Å²) in [5, 5.41) is 0. The zero-order chi connectivity index (χ0) is 35.4. The molecule has 3 aromatic carbocycles. The SMILES string of the molecule is C#CC1=C(/C=C\C)C(c2ccc(C)c(/C=C\C(=C)OC(C)(C)C)c2)(c2ccc(C)c(/C=C\C(=C)OC(C)(C)C(C)C)c2)c2ccccc21. The molecule has 1 aliphatic rings. The molecule has 0 heterocycles. The van der Waals surface area contributed by atoms with E-state index < -0.39 is 5.41 Å². The van der Waals surface area contributed by atoms with E-state index >= 15 is 0 Å². The molecule has 1 atom stereocenters. The number of ether oxygens (including phenoxy) is 2. The lowest BCUT2D eigenvalue weighted by molar-refractivity contribution is 0.00226. The molecule has 0 saturated carbocycles. The lowest BCUT2D eigenvalue weighted by atomic mass is 9.66. The average molecular weight is 637 g/mol. The van der Waals surface area contributed by atoms with E-state index in [4.69, 9.17) is 15.9 Å².